The van der Waals surface area contributed by atoms with E-state index in [0.717, 1.165) is 25.8 Å². The normalized spacial score (nSPS) is 18.8. The van der Waals surface area contributed by atoms with Gasteiger partial charge in [-0.2, -0.15) is 5.10 Å². The molecule has 0 radical (unpaired) electrons. The van der Waals surface area contributed by atoms with Crippen molar-refractivity contribution in [3.63, 3.8) is 0 Å². The average Bonchev–Trinajstić information content (AvgIpc) is 3.03. The molecule has 1 aliphatic rings. The minimum atomic E-state index is -0.0119. The summed E-state index contributed by atoms with van der Waals surface area (Å²) < 4.78 is 1.78. The van der Waals surface area contributed by atoms with Crippen LogP contribution in [0.25, 0.3) is 0 Å². The highest BCUT2D eigenvalue weighted by Crippen LogP contribution is 2.14. The lowest BCUT2D eigenvalue weighted by Crippen LogP contribution is -2.39. The summed E-state index contributed by atoms with van der Waals surface area (Å²) in [6, 6.07) is -0.0119. The number of carbonyl (C=O) groups is 1. The summed E-state index contributed by atoms with van der Waals surface area (Å²) in [7, 11) is 1.90. The SMILES string of the molecule is Cn1cc(CCCNC(=O)N2CC[C@@H](CO)C2)cn1. The van der Waals surface area contributed by atoms with Crippen molar-refractivity contribution in [1.29, 1.82) is 0 Å². The van der Waals surface area contributed by atoms with Crippen LogP contribution in [0.5, 0.6) is 0 Å². The van der Waals surface area contributed by atoms with Crippen LogP contribution in [0.15, 0.2) is 12.4 Å². The summed E-state index contributed by atoms with van der Waals surface area (Å²) >= 11 is 0. The van der Waals surface area contributed by atoms with Crippen LogP contribution in [-0.4, -0.2) is 52.1 Å². The van der Waals surface area contributed by atoms with Gasteiger partial charge in [0.2, 0.25) is 0 Å². The number of rotatable bonds is 5. The standard InChI is InChI=1S/C13H22N4O2/c1-16-8-11(7-15-16)3-2-5-14-13(19)17-6-4-12(9-17)10-18/h7-8,12,18H,2-6,9-10H2,1H3,(H,14,19)/t12-/m1/s1. The first-order valence-electron chi connectivity index (χ1n) is 6.80. The van der Waals surface area contributed by atoms with E-state index in [1.54, 1.807) is 9.58 Å². The van der Waals surface area contributed by atoms with Crippen molar-refractivity contribution in [1.82, 2.24) is 20.0 Å². The number of likely N-dealkylation sites (tertiary alicyclic amines) is 1. The molecule has 0 saturated carbocycles. The Hall–Kier alpha value is -1.56. The number of aliphatic hydroxyl groups is 1. The minimum absolute atomic E-state index is 0.0119. The molecule has 2 N–H and O–H groups in total. The second-order valence-corrected chi connectivity index (χ2v) is 5.14. The molecule has 106 valence electrons. The molecule has 0 aliphatic carbocycles. The molecule has 0 bridgehead atoms. The summed E-state index contributed by atoms with van der Waals surface area (Å²) in [5, 5.41) is 16.1. The molecule has 1 saturated heterocycles. The molecule has 2 amide bonds. The first-order valence-corrected chi connectivity index (χ1v) is 6.80. The molecule has 1 aliphatic heterocycles. The van der Waals surface area contributed by atoms with E-state index in [1.807, 2.05) is 19.4 Å². The Bertz CT molecular complexity index is 419. The molecular weight excluding hydrogens is 244 g/mol. The van der Waals surface area contributed by atoms with Crippen LogP contribution in [0.1, 0.15) is 18.4 Å². The van der Waals surface area contributed by atoms with Gasteiger partial charge in [-0.05, 0) is 24.8 Å². The number of nitrogens with zero attached hydrogens (tertiary/aromatic N) is 3. The minimum Gasteiger partial charge on any atom is -0.396 e. The van der Waals surface area contributed by atoms with Crippen LogP contribution in [0.2, 0.25) is 0 Å². The number of aliphatic hydroxyl groups excluding tert-OH is 1. The second kappa shape index (κ2) is 6.56. The van der Waals surface area contributed by atoms with E-state index in [0.29, 0.717) is 13.1 Å². The summed E-state index contributed by atoms with van der Waals surface area (Å²) in [5.41, 5.74) is 1.19. The highest BCUT2D eigenvalue weighted by atomic mass is 16.3. The van der Waals surface area contributed by atoms with Crippen molar-refractivity contribution < 1.29 is 9.90 Å². The number of hydrogen-bond donors (Lipinski definition) is 2. The van der Waals surface area contributed by atoms with Crippen LogP contribution in [-0.2, 0) is 13.5 Å². The van der Waals surface area contributed by atoms with Gasteiger partial charge in [0.15, 0.2) is 0 Å². The molecular formula is C13H22N4O2. The van der Waals surface area contributed by atoms with E-state index in [2.05, 4.69) is 10.4 Å². The van der Waals surface area contributed by atoms with E-state index >= 15 is 0 Å². The summed E-state index contributed by atoms with van der Waals surface area (Å²) in [6.45, 7) is 2.27. The Morgan fingerprint density at radius 1 is 1.63 bits per heavy atom. The van der Waals surface area contributed by atoms with Gasteiger partial charge in [-0.1, -0.05) is 0 Å². The zero-order valence-corrected chi connectivity index (χ0v) is 11.4. The topological polar surface area (TPSA) is 70.4 Å². The number of urea groups is 1. The highest BCUT2D eigenvalue weighted by molar-refractivity contribution is 5.74. The van der Waals surface area contributed by atoms with Crippen molar-refractivity contribution in [2.75, 3.05) is 26.2 Å². The Morgan fingerprint density at radius 3 is 3.11 bits per heavy atom. The molecule has 2 rings (SSSR count). The predicted molar refractivity (Wildman–Crippen MR) is 71.7 cm³/mol. The van der Waals surface area contributed by atoms with Crippen LogP contribution in [0.3, 0.4) is 0 Å². The van der Waals surface area contributed by atoms with Gasteiger partial charge in [0.25, 0.3) is 0 Å². The number of nitrogens with one attached hydrogen (secondary N) is 1. The zero-order chi connectivity index (χ0) is 13.7. The van der Waals surface area contributed by atoms with Crippen LogP contribution >= 0.6 is 0 Å². The molecule has 6 heteroatoms. The van der Waals surface area contributed by atoms with Crippen LogP contribution in [0.4, 0.5) is 4.79 Å². The lowest BCUT2D eigenvalue weighted by molar-refractivity contribution is 0.198. The van der Waals surface area contributed by atoms with Crippen molar-refractivity contribution >= 4 is 6.03 Å². The van der Waals surface area contributed by atoms with Crippen molar-refractivity contribution in [2.24, 2.45) is 13.0 Å². The van der Waals surface area contributed by atoms with Gasteiger partial charge in [-0.15, -0.1) is 0 Å². The third-order valence-corrected chi connectivity index (χ3v) is 3.51. The van der Waals surface area contributed by atoms with Gasteiger partial charge < -0.3 is 15.3 Å². The third kappa shape index (κ3) is 3.96. The third-order valence-electron chi connectivity index (χ3n) is 3.51. The van der Waals surface area contributed by atoms with Gasteiger partial charge in [-0.3, -0.25) is 4.68 Å². The van der Waals surface area contributed by atoms with E-state index in [1.165, 1.54) is 5.56 Å². The van der Waals surface area contributed by atoms with Gasteiger partial charge in [-0.25, -0.2) is 4.79 Å². The molecule has 1 aromatic rings. The van der Waals surface area contributed by atoms with Gasteiger partial charge in [0, 0.05) is 45.4 Å². The smallest absolute Gasteiger partial charge is 0.317 e. The molecule has 1 aromatic heterocycles. The van der Waals surface area contributed by atoms with Crippen molar-refractivity contribution in [3.05, 3.63) is 18.0 Å². The molecule has 0 unspecified atom stereocenters. The number of carbonyl (C=O) groups excluding carboxylic acids is 1. The van der Waals surface area contributed by atoms with E-state index in [9.17, 15) is 4.79 Å². The number of hydrogen-bond acceptors (Lipinski definition) is 3. The fourth-order valence-corrected chi connectivity index (χ4v) is 2.37. The fourth-order valence-electron chi connectivity index (χ4n) is 2.37. The zero-order valence-electron chi connectivity index (χ0n) is 11.4. The number of amides is 2. The van der Waals surface area contributed by atoms with Gasteiger partial charge in [0.05, 0.1) is 6.20 Å². The molecule has 1 fully saturated rings. The Labute approximate surface area is 113 Å². The van der Waals surface area contributed by atoms with E-state index < -0.39 is 0 Å². The predicted octanol–water partition coefficient (Wildman–Crippen LogP) is 0.377. The van der Waals surface area contributed by atoms with Crippen molar-refractivity contribution in [3.8, 4) is 0 Å². The summed E-state index contributed by atoms with van der Waals surface area (Å²) in [4.78, 5) is 13.6. The molecule has 0 aromatic carbocycles. The number of aromatic nitrogens is 2. The van der Waals surface area contributed by atoms with Gasteiger partial charge >= 0.3 is 6.03 Å². The lowest BCUT2D eigenvalue weighted by atomic mass is 10.1. The van der Waals surface area contributed by atoms with Gasteiger partial charge in [0.1, 0.15) is 0 Å². The first kappa shape index (κ1) is 13.9. The average molecular weight is 266 g/mol. The van der Waals surface area contributed by atoms with Crippen LogP contribution in [0, 0.1) is 5.92 Å². The maximum Gasteiger partial charge on any atom is 0.317 e. The quantitative estimate of drug-likeness (QED) is 0.757. The first-order chi connectivity index (χ1) is 9.19. The maximum absolute atomic E-state index is 11.8. The van der Waals surface area contributed by atoms with E-state index in [-0.39, 0.29) is 18.6 Å². The molecule has 2 heterocycles. The fraction of sp³-hybridized carbons (Fsp3) is 0.692. The largest absolute Gasteiger partial charge is 0.396 e. The molecule has 0 spiro atoms. The second-order valence-electron chi connectivity index (χ2n) is 5.14. The molecule has 19 heavy (non-hydrogen) atoms. The summed E-state index contributed by atoms with van der Waals surface area (Å²) in [5.74, 6) is 0.251. The van der Waals surface area contributed by atoms with Crippen LogP contribution < -0.4 is 5.32 Å². The Balaban J connectivity index is 1.62. The molecule has 6 nitrogen and oxygen atoms in total. The van der Waals surface area contributed by atoms with Crippen molar-refractivity contribution in [2.45, 2.75) is 19.3 Å². The lowest BCUT2D eigenvalue weighted by Gasteiger charge is -2.16. The maximum atomic E-state index is 11.8. The highest BCUT2D eigenvalue weighted by Gasteiger charge is 2.25. The number of aryl methyl sites for hydroxylation is 2. The molecule has 1 atom stereocenters. The monoisotopic (exact) mass is 266 g/mol. The Morgan fingerprint density at radius 2 is 2.47 bits per heavy atom. The summed E-state index contributed by atoms with van der Waals surface area (Å²) in [6.07, 6.45) is 6.59. The van der Waals surface area contributed by atoms with E-state index in [4.69, 9.17) is 5.11 Å². The Kier molecular flexibility index (Phi) is 4.79.